The van der Waals surface area contributed by atoms with Crippen molar-refractivity contribution in [2.24, 2.45) is 0 Å². The molecule has 0 atom stereocenters. The maximum atomic E-state index is 12.4. The van der Waals surface area contributed by atoms with Crippen molar-refractivity contribution < 1.29 is 23.9 Å². The van der Waals surface area contributed by atoms with E-state index in [-0.39, 0.29) is 24.3 Å². The van der Waals surface area contributed by atoms with Crippen LogP contribution in [0.3, 0.4) is 0 Å². The SMILES string of the molecule is COc1ccc(/C=C/C(=O)Nc2nnc(CCN3C(=O)c4ccccc4C3=O)s2)c(OC)c1. The van der Waals surface area contributed by atoms with E-state index in [1.165, 1.54) is 29.4 Å². The summed E-state index contributed by atoms with van der Waals surface area (Å²) in [4.78, 5) is 38.4. The number of fused-ring (bicyclic) bond motifs is 1. The van der Waals surface area contributed by atoms with E-state index in [1.54, 1.807) is 55.7 Å². The number of nitrogens with zero attached hydrogens (tertiary/aromatic N) is 3. The molecular formula is C23H20N4O5S. The molecule has 4 rings (SSSR count). The molecule has 2 heterocycles. The second kappa shape index (κ2) is 9.61. The maximum Gasteiger partial charge on any atom is 0.261 e. The van der Waals surface area contributed by atoms with Crippen molar-refractivity contribution in [3.8, 4) is 11.5 Å². The van der Waals surface area contributed by atoms with Gasteiger partial charge in [-0.05, 0) is 30.3 Å². The smallest absolute Gasteiger partial charge is 0.261 e. The Morgan fingerprint density at radius 1 is 1.06 bits per heavy atom. The first-order chi connectivity index (χ1) is 16.0. The monoisotopic (exact) mass is 464 g/mol. The highest BCUT2D eigenvalue weighted by Crippen LogP contribution is 2.26. The molecule has 0 bridgehead atoms. The molecule has 3 aromatic rings. The van der Waals surface area contributed by atoms with E-state index in [9.17, 15) is 14.4 Å². The summed E-state index contributed by atoms with van der Waals surface area (Å²) >= 11 is 1.19. The Hall–Kier alpha value is -4.05. The van der Waals surface area contributed by atoms with E-state index in [0.717, 1.165) is 0 Å². The molecule has 0 radical (unpaired) electrons. The Morgan fingerprint density at radius 2 is 1.79 bits per heavy atom. The van der Waals surface area contributed by atoms with Gasteiger partial charge in [0, 0.05) is 30.7 Å². The van der Waals surface area contributed by atoms with Gasteiger partial charge < -0.3 is 9.47 Å². The lowest BCUT2D eigenvalue weighted by molar-refractivity contribution is -0.111. The zero-order valence-electron chi connectivity index (χ0n) is 17.9. The summed E-state index contributed by atoms with van der Waals surface area (Å²) in [7, 11) is 3.10. The number of ether oxygens (including phenoxy) is 2. The van der Waals surface area contributed by atoms with Gasteiger partial charge in [-0.15, -0.1) is 10.2 Å². The van der Waals surface area contributed by atoms with Gasteiger partial charge in [0.15, 0.2) is 0 Å². The van der Waals surface area contributed by atoms with Crippen LogP contribution >= 0.6 is 11.3 Å². The first kappa shape index (κ1) is 22.2. The largest absolute Gasteiger partial charge is 0.497 e. The van der Waals surface area contributed by atoms with Gasteiger partial charge >= 0.3 is 0 Å². The van der Waals surface area contributed by atoms with E-state index in [2.05, 4.69) is 15.5 Å². The van der Waals surface area contributed by atoms with E-state index < -0.39 is 0 Å². The lowest BCUT2D eigenvalue weighted by Gasteiger charge is -2.11. The number of hydrogen-bond donors (Lipinski definition) is 1. The van der Waals surface area contributed by atoms with Crippen LogP contribution < -0.4 is 14.8 Å². The first-order valence-electron chi connectivity index (χ1n) is 9.99. The van der Waals surface area contributed by atoms with Crippen molar-refractivity contribution in [3.05, 3.63) is 70.2 Å². The molecule has 33 heavy (non-hydrogen) atoms. The maximum absolute atomic E-state index is 12.4. The molecule has 168 valence electrons. The molecule has 1 aliphatic heterocycles. The summed E-state index contributed by atoms with van der Waals surface area (Å²) in [6, 6.07) is 12.0. The number of carbonyl (C=O) groups is 3. The third kappa shape index (κ3) is 4.75. The van der Waals surface area contributed by atoms with Crippen molar-refractivity contribution in [1.29, 1.82) is 0 Å². The number of hydrogen-bond acceptors (Lipinski definition) is 8. The minimum absolute atomic E-state index is 0.187. The van der Waals surface area contributed by atoms with Crippen LogP contribution in [0.4, 0.5) is 5.13 Å². The van der Waals surface area contributed by atoms with Crippen LogP contribution in [0.2, 0.25) is 0 Å². The minimum atomic E-state index is -0.379. The molecular weight excluding hydrogens is 444 g/mol. The van der Waals surface area contributed by atoms with E-state index in [1.807, 2.05) is 0 Å². The molecule has 0 saturated heterocycles. The summed E-state index contributed by atoms with van der Waals surface area (Å²) in [5.41, 5.74) is 1.54. The predicted octanol–water partition coefficient (Wildman–Crippen LogP) is 3.05. The second-order valence-electron chi connectivity index (χ2n) is 6.99. The standard InChI is InChI=1S/C23H20N4O5S/c1-31-15-9-7-14(18(13-15)32-2)8-10-19(28)24-23-26-25-20(33-23)11-12-27-21(29)16-5-3-4-6-17(16)22(27)30/h3-10,13H,11-12H2,1-2H3,(H,24,26,28)/b10-8+. The van der Waals surface area contributed by atoms with Crippen LogP contribution in [0.25, 0.3) is 6.08 Å². The Labute approximate surface area is 193 Å². The normalized spacial score (nSPS) is 12.8. The first-order valence-corrected chi connectivity index (χ1v) is 10.8. The number of carbonyl (C=O) groups excluding carboxylic acids is 3. The number of amides is 3. The van der Waals surface area contributed by atoms with Crippen molar-refractivity contribution in [2.45, 2.75) is 6.42 Å². The fourth-order valence-corrected chi connectivity index (χ4v) is 4.05. The fourth-order valence-electron chi connectivity index (χ4n) is 3.32. The van der Waals surface area contributed by atoms with Gasteiger partial charge in [0.05, 0.1) is 25.3 Å². The number of nitrogens with one attached hydrogen (secondary N) is 1. The van der Waals surface area contributed by atoms with Crippen LogP contribution in [-0.4, -0.2) is 53.6 Å². The molecule has 1 N–H and O–H groups in total. The molecule has 0 unspecified atom stereocenters. The van der Waals surface area contributed by atoms with Crippen LogP contribution in [0.5, 0.6) is 11.5 Å². The van der Waals surface area contributed by atoms with Crippen molar-refractivity contribution >= 4 is 40.3 Å². The van der Waals surface area contributed by atoms with Crippen LogP contribution in [0.1, 0.15) is 31.3 Å². The van der Waals surface area contributed by atoms with Crippen LogP contribution in [-0.2, 0) is 11.2 Å². The number of benzene rings is 2. The van der Waals surface area contributed by atoms with Crippen LogP contribution in [0.15, 0.2) is 48.5 Å². The number of rotatable bonds is 8. The molecule has 10 heteroatoms. The molecule has 3 amide bonds. The Balaban J connectivity index is 1.34. The molecule has 2 aromatic carbocycles. The Kier molecular flexibility index (Phi) is 6.45. The number of aromatic nitrogens is 2. The highest BCUT2D eigenvalue weighted by atomic mass is 32.1. The van der Waals surface area contributed by atoms with E-state index >= 15 is 0 Å². The van der Waals surface area contributed by atoms with Gasteiger partial charge in [-0.2, -0.15) is 0 Å². The average molecular weight is 465 g/mol. The zero-order valence-corrected chi connectivity index (χ0v) is 18.7. The quantitative estimate of drug-likeness (QED) is 0.403. The number of imide groups is 1. The van der Waals surface area contributed by atoms with Gasteiger partial charge in [0.2, 0.25) is 11.0 Å². The van der Waals surface area contributed by atoms with Gasteiger partial charge in [-0.25, -0.2) is 0 Å². The highest BCUT2D eigenvalue weighted by molar-refractivity contribution is 7.15. The third-order valence-electron chi connectivity index (χ3n) is 4.98. The van der Waals surface area contributed by atoms with Crippen LogP contribution in [0, 0.1) is 0 Å². The van der Waals surface area contributed by atoms with Crippen molar-refractivity contribution in [1.82, 2.24) is 15.1 Å². The topological polar surface area (TPSA) is 111 Å². The van der Waals surface area contributed by atoms with Gasteiger partial charge in [-0.1, -0.05) is 23.5 Å². The molecule has 0 aliphatic carbocycles. The molecule has 0 spiro atoms. The van der Waals surface area contributed by atoms with Gasteiger partial charge in [0.1, 0.15) is 16.5 Å². The molecule has 1 aromatic heterocycles. The van der Waals surface area contributed by atoms with E-state index in [4.69, 9.17) is 9.47 Å². The molecule has 9 nitrogen and oxygen atoms in total. The Morgan fingerprint density at radius 3 is 2.45 bits per heavy atom. The third-order valence-corrected chi connectivity index (χ3v) is 5.88. The minimum Gasteiger partial charge on any atom is -0.497 e. The Bertz CT molecular complexity index is 1220. The molecule has 0 fully saturated rings. The average Bonchev–Trinajstić information content (AvgIpc) is 3.38. The lowest BCUT2D eigenvalue weighted by atomic mass is 10.1. The number of methoxy groups -OCH3 is 2. The number of anilines is 1. The highest BCUT2D eigenvalue weighted by Gasteiger charge is 2.34. The van der Waals surface area contributed by atoms with Gasteiger partial charge in [0.25, 0.3) is 11.8 Å². The lowest BCUT2D eigenvalue weighted by Crippen LogP contribution is -2.31. The summed E-state index contributed by atoms with van der Waals surface area (Å²) in [5.74, 6) is 0.220. The van der Waals surface area contributed by atoms with E-state index in [0.29, 0.717) is 44.7 Å². The summed E-state index contributed by atoms with van der Waals surface area (Å²) in [6.45, 7) is 0.187. The molecule has 1 aliphatic rings. The summed E-state index contributed by atoms with van der Waals surface area (Å²) < 4.78 is 10.5. The van der Waals surface area contributed by atoms with Crippen molar-refractivity contribution in [2.75, 3.05) is 26.1 Å². The molecule has 0 saturated carbocycles. The fraction of sp³-hybridized carbons (Fsp3) is 0.174. The summed E-state index contributed by atoms with van der Waals surface area (Å²) in [5, 5.41) is 11.6. The second-order valence-corrected chi connectivity index (χ2v) is 8.05. The van der Waals surface area contributed by atoms with Crippen molar-refractivity contribution in [3.63, 3.8) is 0 Å². The summed E-state index contributed by atoms with van der Waals surface area (Å²) in [6.07, 6.45) is 3.33. The zero-order chi connectivity index (χ0) is 23.4. The predicted molar refractivity (Wildman–Crippen MR) is 123 cm³/mol. The van der Waals surface area contributed by atoms with Gasteiger partial charge in [-0.3, -0.25) is 24.6 Å².